The van der Waals surface area contributed by atoms with Crippen molar-refractivity contribution in [1.82, 2.24) is 0 Å². The first-order valence-electron chi connectivity index (χ1n) is 6.67. The van der Waals surface area contributed by atoms with Gasteiger partial charge in [0.25, 0.3) is 0 Å². The van der Waals surface area contributed by atoms with Crippen molar-refractivity contribution in [2.45, 2.75) is 32.8 Å². The van der Waals surface area contributed by atoms with Gasteiger partial charge in [-0.3, -0.25) is 0 Å². The molecule has 2 aromatic rings. The largest absolute Gasteiger partial charge is 0.505 e. The number of nitrogen functional groups attached to an aromatic ring is 1. The minimum atomic E-state index is -0.190. The van der Waals surface area contributed by atoms with Crippen molar-refractivity contribution in [2.75, 3.05) is 5.73 Å². The van der Waals surface area contributed by atoms with Crippen molar-refractivity contribution in [3.05, 3.63) is 53.6 Å². The maximum absolute atomic E-state index is 10.1. The molecule has 106 valence electrons. The van der Waals surface area contributed by atoms with Crippen LogP contribution in [0, 0.1) is 0 Å². The van der Waals surface area contributed by atoms with E-state index < -0.39 is 0 Å². The number of phenolic OH excluding ortho intramolecular Hbond substituents is 1. The van der Waals surface area contributed by atoms with Crippen LogP contribution in [-0.4, -0.2) is 5.11 Å². The average Bonchev–Trinajstić information content (AvgIpc) is 2.40. The van der Waals surface area contributed by atoms with Gasteiger partial charge in [0.05, 0.1) is 5.69 Å². The smallest absolute Gasteiger partial charge is 0.142 e. The van der Waals surface area contributed by atoms with Crippen molar-refractivity contribution in [3.63, 3.8) is 0 Å². The molecule has 0 saturated carbocycles. The van der Waals surface area contributed by atoms with Crippen LogP contribution in [0.2, 0.25) is 0 Å². The first-order chi connectivity index (χ1) is 9.38. The van der Waals surface area contributed by atoms with Crippen LogP contribution in [0.5, 0.6) is 11.5 Å². The summed E-state index contributed by atoms with van der Waals surface area (Å²) in [5.41, 5.74) is 7.90. The van der Waals surface area contributed by atoms with Crippen LogP contribution in [0.1, 0.15) is 31.9 Å². The Morgan fingerprint density at radius 3 is 2.35 bits per heavy atom. The van der Waals surface area contributed by atoms with Crippen LogP contribution >= 0.6 is 0 Å². The van der Waals surface area contributed by atoms with Gasteiger partial charge in [0.1, 0.15) is 18.1 Å². The van der Waals surface area contributed by atoms with Gasteiger partial charge in [0, 0.05) is 11.6 Å². The van der Waals surface area contributed by atoms with Gasteiger partial charge in [-0.2, -0.15) is 0 Å². The number of rotatable bonds is 3. The fourth-order valence-electron chi connectivity index (χ4n) is 2.03. The van der Waals surface area contributed by atoms with Crippen LogP contribution in [0.15, 0.2) is 42.5 Å². The first-order valence-corrected chi connectivity index (χ1v) is 6.67. The molecule has 0 atom stereocenters. The number of ether oxygens (including phenoxy) is 1. The molecule has 3 nitrogen and oxygen atoms in total. The molecular formula is C17H21NO2. The van der Waals surface area contributed by atoms with E-state index in [-0.39, 0.29) is 11.2 Å². The van der Waals surface area contributed by atoms with Gasteiger partial charge in [-0.25, -0.2) is 0 Å². The number of nitrogens with two attached hydrogens (primary N) is 1. The summed E-state index contributed by atoms with van der Waals surface area (Å²) in [5, 5.41) is 10.1. The van der Waals surface area contributed by atoms with Crippen LogP contribution in [0.4, 0.5) is 5.69 Å². The molecule has 20 heavy (non-hydrogen) atoms. The Balaban J connectivity index is 2.23. The lowest BCUT2D eigenvalue weighted by atomic mass is 9.86. The molecule has 3 N–H and O–H groups in total. The number of anilines is 1. The van der Waals surface area contributed by atoms with Crippen molar-refractivity contribution < 1.29 is 9.84 Å². The summed E-state index contributed by atoms with van der Waals surface area (Å²) in [7, 11) is 0. The fraction of sp³-hybridized carbons (Fsp3) is 0.294. The molecule has 0 fully saturated rings. The van der Waals surface area contributed by atoms with Crippen molar-refractivity contribution in [2.24, 2.45) is 0 Å². The van der Waals surface area contributed by atoms with Crippen LogP contribution in [-0.2, 0) is 12.0 Å². The van der Waals surface area contributed by atoms with E-state index in [4.69, 9.17) is 10.5 Å². The van der Waals surface area contributed by atoms with Gasteiger partial charge in [-0.05, 0) is 17.0 Å². The molecular weight excluding hydrogens is 250 g/mol. The molecule has 0 aromatic heterocycles. The molecule has 2 aromatic carbocycles. The van der Waals surface area contributed by atoms with E-state index in [1.165, 1.54) is 0 Å². The molecule has 0 aliphatic rings. The third-order valence-corrected chi connectivity index (χ3v) is 3.17. The predicted molar refractivity (Wildman–Crippen MR) is 82.0 cm³/mol. The summed E-state index contributed by atoms with van der Waals surface area (Å²) in [5.74, 6) is 0.818. The topological polar surface area (TPSA) is 55.5 Å². The molecule has 2 rings (SSSR count). The number of aromatic hydroxyl groups is 1. The van der Waals surface area contributed by atoms with Crippen molar-refractivity contribution >= 4 is 5.69 Å². The Hall–Kier alpha value is -2.16. The minimum absolute atomic E-state index is 0.143. The molecule has 0 aliphatic heterocycles. The Bertz CT molecular complexity index is 586. The predicted octanol–water partition coefficient (Wildman–Crippen LogP) is 3.85. The molecule has 0 aliphatic carbocycles. The lowest BCUT2D eigenvalue weighted by molar-refractivity contribution is 0.304. The van der Waals surface area contributed by atoms with Crippen molar-refractivity contribution in [3.8, 4) is 11.5 Å². The van der Waals surface area contributed by atoms with Gasteiger partial charge in [0.2, 0.25) is 0 Å². The summed E-state index contributed by atoms with van der Waals surface area (Å²) in [6.45, 7) is 6.57. The Morgan fingerprint density at radius 1 is 1.10 bits per heavy atom. The highest BCUT2D eigenvalue weighted by Gasteiger charge is 2.21. The van der Waals surface area contributed by atoms with E-state index >= 15 is 0 Å². The van der Waals surface area contributed by atoms with Gasteiger partial charge in [-0.15, -0.1) is 0 Å². The maximum atomic E-state index is 10.1. The highest BCUT2D eigenvalue weighted by Crippen LogP contribution is 2.38. The SMILES string of the molecule is CC(C)(C)c1cc(OCc2ccccc2)cc(N)c1O. The molecule has 0 heterocycles. The Kier molecular flexibility index (Phi) is 3.89. The lowest BCUT2D eigenvalue weighted by Gasteiger charge is -2.22. The van der Waals surface area contributed by atoms with Gasteiger partial charge in [-0.1, -0.05) is 51.1 Å². The maximum Gasteiger partial charge on any atom is 0.142 e. The number of hydrogen-bond donors (Lipinski definition) is 2. The molecule has 0 bridgehead atoms. The summed E-state index contributed by atoms with van der Waals surface area (Å²) >= 11 is 0. The molecule has 3 heteroatoms. The summed E-state index contributed by atoms with van der Waals surface area (Å²) in [4.78, 5) is 0. The highest BCUT2D eigenvalue weighted by molar-refractivity contribution is 5.61. The highest BCUT2D eigenvalue weighted by atomic mass is 16.5. The number of benzene rings is 2. The van der Waals surface area contributed by atoms with E-state index in [0.29, 0.717) is 18.0 Å². The Morgan fingerprint density at radius 2 is 1.75 bits per heavy atom. The zero-order chi connectivity index (χ0) is 14.8. The van der Waals surface area contributed by atoms with Crippen LogP contribution in [0.3, 0.4) is 0 Å². The second-order valence-electron chi connectivity index (χ2n) is 5.93. The molecule has 0 spiro atoms. The summed E-state index contributed by atoms with van der Waals surface area (Å²) in [6, 6.07) is 13.5. The van der Waals surface area contributed by atoms with Gasteiger partial charge >= 0.3 is 0 Å². The Labute approximate surface area is 120 Å². The van der Waals surface area contributed by atoms with Gasteiger partial charge in [0.15, 0.2) is 0 Å². The average molecular weight is 271 g/mol. The molecule has 0 radical (unpaired) electrons. The standard InChI is InChI=1S/C17H21NO2/c1-17(2,3)14-9-13(10-15(18)16(14)19)20-11-12-7-5-4-6-8-12/h4-10,19H,11,18H2,1-3H3. The zero-order valence-corrected chi connectivity index (χ0v) is 12.2. The first kappa shape index (κ1) is 14.3. The molecule has 0 unspecified atom stereocenters. The third-order valence-electron chi connectivity index (χ3n) is 3.17. The zero-order valence-electron chi connectivity index (χ0n) is 12.2. The van der Waals surface area contributed by atoms with Crippen LogP contribution in [0.25, 0.3) is 0 Å². The fourth-order valence-corrected chi connectivity index (χ4v) is 2.03. The van der Waals surface area contributed by atoms with E-state index in [0.717, 1.165) is 11.1 Å². The lowest BCUT2D eigenvalue weighted by Crippen LogP contribution is -2.12. The van der Waals surface area contributed by atoms with E-state index in [9.17, 15) is 5.11 Å². The third kappa shape index (κ3) is 3.23. The second kappa shape index (κ2) is 5.45. The summed E-state index contributed by atoms with van der Waals surface area (Å²) < 4.78 is 5.77. The number of phenols is 1. The summed E-state index contributed by atoms with van der Waals surface area (Å²) in [6.07, 6.45) is 0. The molecule has 0 saturated heterocycles. The van der Waals surface area contributed by atoms with E-state index in [1.54, 1.807) is 6.07 Å². The monoisotopic (exact) mass is 271 g/mol. The van der Waals surface area contributed by atoms with E-state index in [1.807, 2.05) is 57.2 Å². The number of hydrogen-bond acceptors (Lipinski definition) is 3. The van der Waals surface area contributed by atoms with E-state index in [2.05, 4.69) is 0 Å². The quantitative estimate of drug-likeness (QED) is 0.658. The van der Waals surface area contributed by atoms with Crippen LogP contribution < -0.4 is 10.5 Å². The van der Waals surface area contributed by atoms with Gasteiger partial charge < -0.3 is 15.6 Å². The normalized spacial score (nSPS) is 11.3. The molecule has 0 amide bonds. The second-order valence-corrected chi connectivity index (χ2v) is 5.93. The minimum Gasteiger partial charge on any atom is -0.505 e. The van der Waals surface area contributed by atoms with Crippen molar-refractivity contribution in [1.29, 1.82) is 0 Å².